The third-order valence-corrected chi connectivity index (χ3v) is 2.90. The lowest BCUT2D eigenvalue weighted by atomic mass is 10.1. The van der Waals surface area contributed by atoms with Crippen LogP contribution in [-0.4, -0.2) is 24.3 Å². The highest BCUT2D eigenvalue weighted by Crippen LogP contribution is 2.13. The summed E-state index contributed by atoms with van der Waals surface area (Å²) in [5, 5.41) is 0. The normalized spacial score (nSPS) is 11.1. The molecular weight excluding hydrogens is 266 g/mol. The van der Waals surface area contributed by atoms with Crippen LogP contribution in [0.5, 0.6) is 0 Å². The molecule has 0 bridgehead atoms. The lowest BCUT2D eigenvalue weighted by molar-refractivity contribution is -0.122. The van der Waals surface area contributed by atoms with Gasteiger partial charge in [-0.1, -0.05) is 41.9 Å². The molecule has 0 aliphatic carbocycles. The number of benzene rings is 1. The fourth-order valence-electron chi connectivity index (χ4n) is 1.45. The van der Waals surface area contributed by atoms with E-state index in [4.69, 9.17) is 0 Å². The van der Waals surface area contributed by atoms with Crippen LogP contribution in [0.15, 0.2) is 28.7 Å². The van der Waals surface area contributed by atoms with Crippen molar-refractivity contribution >= 4 is 21.7 Å². The molecule has 16 heavy (non-hydrogen) atoms. The number of hydrogen-bond acceptors (Lipinski definition) is 2. The highest BCUT2D eigenvalue weighted by atomic mass is 79.9. The quantitative estimate of drug-likeness (QED) is 0.828. The Bertz CT molecular complexity index is 363. The summed E-state index contributed by atoms with van der Waals surface area (Å²) in [7, 11) is 1.97. The minimum Gasteiger partial charge on any atom is -0.298 e. The summed E-state index contributed by atoms with van der Waals surface area (Å²) in [4.78, 5) is 13.6. The predicted molar refractivity (Wildman–Crippen MR) is 70.3 cm³/mol. The molecule has 0 radical (unpaired) electrons. The second-order valence-electron chi connectivity index (χ2n) is 4.42. The number of carbonyl (C=O) groups excluding carboxylic acids is 1. The van der Waals surface area contributed by atoms with Gasteiger partial charge in [0.1, 0.15) is 5.78 Å². The molecule has 3 heteroatoms. The molecule has 0 heterocycles. The Hall–Kier alpha value is -0.670. The number of Topliss-reactive ketones (excluding diaryl/α,β-unsaturated/α-hetero) is 1. The minimum absolute atomic E-state index is 0.116. The minimum atomic E-state index is 0.116. The summed E-state index contributed by atoms with van der Waals surface area (Å²) in [5.41, 5.74) is 1.22. The van der Waals surface area contributed by atoms with Crippen LogP contribution in [0.3, 0.4) is 0 Å². The van der Waals surface area contributed by atoms with Crippen LogP contribution in [0.25, 0.3) is 0 Å². The molecule has 0 saturated carbocycles. The Kier molecular flexibility index (Phi) is 5.16. The highest BCUT2D eigenvalue weighted by Gasteiger charge is 2.10. The van der Waals surface area contributed by atoms with Crippen molar-refractivity contribution in [2.75, 3.05) is 13.6 Å². The molecule has 1 aromatic rings. The zero-order valence-electron chi connectivity index (χ0n) is 10.0. The number of halogens is 1. The number of hydrogen-bond donors (Lipinski definition) is 0. The van der Waals surface area contributed by atoms with E-state index in [1.165, 1.54) is 5.56 Å². The molecule has 1 aromatic carbocycles. The fraction of sp³-hybridized carbons (Fsp3) is 0.462. The smallest absolute Gasteiger partial charge is 0.149 e. The van der Waals surface area contributed by atoms with Crippen molar-refractivity contribution < 1.29 is 4.79 Å². The van der Waals surface area contributed by atoms with Gasteiger partial charge in [0, 0.05) is 16.9 Å². The van der Waals surface area contributed by atoms with E-state index in [1.54, 1.807) is 0 Å². The van der Waals surface area contributed by atoms with Crippen LogP contribution < -0.4 is 0 Å². The maximum Gasteiger partial charge on any atom is 0.149 e. The first kappa shape index (κ1) is 13.4. The predicted octanol–water partition coefficient (Wildman–Crippen LogP) is 3.11. The van der Waals surface area contributed by atoms with Gasteiger partial charge in [0.15, 0.2) is 0 Å². The van der Waals surface area contributed by atoms with Gasteiger partial charge in [-0.2, -0.15) is 0 Å². The molecule has 0 N–H and O–H groups in total. The molecule has 0 amide bonds. The maximum absolute atomic E-state index is 11.6. The van der Waals surface area contributed by atoms with Crippen molar-refractivity contribution in [3.63, 3.8) is 0 Å². The zero-order chi connectivity index (χ0) is 12.1. The lowest BCUT2D eigenvalue weighted by Crippen LogP contribution is -2.28. The van der Waals surface area contributed by atoms with Gasteiger partial charge in [-0.05, 0) is 24.7 Å². The molecule has 0 atom stereocenters. The number of carbonyl (C=O) groups is 1. The van der Waals surface area contributed by atoms with Crippen molar-refractivity contribution in [3.05, 3.63) is 34.3 Å². The number of rotatable bonds is 5. The Labute approximate surface area is 106 Å². The molecule has 88 valence electrons. The zero-order valence-corrected chi connectivity index (χ0v) is 11.6. The van der Waals surface area contributed by atoms with Gasteiger partial charge in [0.25, 0.3) is 0 Å². The standard InChI is InChI=1S/C13H18BrNO/c1-10(2)13(16)9-15(3)8-11-5-4-6-12(14)7-11/h4-7,10H,8-9H2,1-3H3. The third-order valence-electron chi connectivity index (χ3n) is 2.41. The Morgan fingerprint density at radius 3 is 2.69 bits per heavy atom. The summed E-state index contributed by atoms with van der Waals surface area (Å²) < 4.78 is 1.08. The molecule has 0 fully saturated rings. The Morgan fingerprint density at radius 1 is 1.44 bits per heavy atom. The van der Waals surface area contributed by atoms with Crippen LogP contribution >= 0.6 is 15.9 Å². The Morgan fingerprint density at radius 2 is 2.12 bits per heavy atom. The van der Waals surface area contributed by atoms with E-state index < -0.39 is 0 Å². The number of nitrogens with zero attached hydrogens (tertiary/aromatic N) is 1. The van der Waals surface area contributed by atoms with Crippen molar-refractivity contribution in [1.82, 2.24) is 4.90 Å². The molecule has 0 unspecified atom stereocenters. The molecule has 0 saturated heterocycles. The molecule has 1 rings (SSSR count). The number of likely N-dealkylation sites (N-methyl/N-ethyl adjacent to an activating group) is 1. The molecule has 0 aliphatic heterocycles. The summed E-state index contributed by atoms with van der Waals surface area (Å²) in [6, 6.07) is 8.16. The average Bonchev–Trinajstić information content (AvgIpc) is 2.16. The van der Waals surface area contributed by atoms with E-state index >= 15 is 0 Å². The highest BCUT2D eigenvalue weighted by molar-refractivity contribution is 9.10. The molecular formula is C13H18BrNO. The van der Waals surface area contributed by atoms with Gasteiger partial charge in [0.2, 0.25) is 0 Å². The van der Waals surface area contributed by atoms with Crippen LogP contribution in [-0.2, 0) is 11.3 Å². The van der Waals surface area contributed by atoms with E-state index in [9.17, 15) is 4.79 Å². The van der Waals surface area contributed by atoms with Crippen LogP contribution in [0.4, 0.5) is 0 Å². The fourth-order valence-corrected chi connectivity index (χ4v) is 1.90. The first-order valence-electron chi connectivity index (χ1n) is 5.44. The van der Waals surface area contributed by atoms with Gasteiger partial charge >= 0.3 is 0 Å². The van der Waals surface area contributed by atoms with Crippen LogP contribution in [0, 0.1) is 5.92 Å². The Balaban J connectivity index is 2.51. The number of ketones is 1. The summed E-state index contributed by atoms with van der Waals surface area (Å²) >= 11 is 3.44. The maximum atomic E-state index is 11.6. The van der Waals surface area contributed by atoms with Crippen molar-refractivity contribution in [1.29, 1.82) is 0 Å². The summed E-state index contributed by atoms with van der Waals surface area (Å²) in [6.45, 7) is 5.20. The third kappa shape index (κ3) is 4.45. The first-order chi connectivity index (χ1) is 7.49. The van der Waals surface area contributed by atoms with Gasteiger partial charge in [-0.25, -0.2) is 0 Å². The van der Waals surface area contributed by atoms with E-state index in [0.717, 1.165) is 11.0 Å². The molecule has 0 spiro atoms. The molecule has 0 aromatic heterocycles. The summed E-state index contributed by atoms with van der Waals surface area (Å²) in [5.74, 6) is 0.405. The van der Waals surface area contributed by atoms with Crippen molar-refractivity contribution in [3.8, 4) is 0 Å². The largest absolute Gasteiger partial charge is 0.298 e. The van der Waals surface area contributed by atoms with Gasteiger partial charge in [-0.15, -0.1) is 0 Å². The lowest BCUT2D eigenvalue weighted by Gasteiger charge is -2.17. The SMILES string of the molecule is CC(C)C(=O)CN(C)Cc1cccc(Br)c1. The second kappa shape index (κ2) is 6.16. The average molecular weight is 284 g/mol. The van der Waals surface area contributed by atoms with E-state index in [0.29, 0.717) is 6.54 Å². The van der Waals surface area contributed by atoms with E-state index in [-0.39, 0.29) is 11.7 Å². The van der Waals surface area contributed by atoms with Crippen LogP contribution in [0.1, 0.15) is 19.4 Å². The van der Waals surface area contributed by atoms with Crippen LogP contribution in [0.2, 0.25) is 0 Å². The van der Waals surface area contributed by atoms with Gasteiger partial charge in [-0.3, -0.25) is 9.69 Å². The molecule has 0 aliphatic rings. The summed E-state index contributed by atoms with van der Waals surface area (Å²) in [6.07, 6.45) is 0. The monoisotopic (exact) mass is 283 g/mol. The van der Waals surface area contributed by atoms with E-state index in [1.807, 2.05) is 37.9 Å². The van der Waals surface area contributed by atoms with Crippen molar-refractivity contribution in [2.45, 2.75) is 20.4 Å². The van der Waals surface area contributed by atoms with Crippen molar-refractivity contribution in [2.24, 2.45) is 5.92 Å². The van der Waals surface area contributed by atoms with E-state index in [2.05, 4.69) is 28.1 Å². The molecule has 2 nitrogen and oxygen atoms in total. The first-order valence-corrected chi connectivity index (χ1v) is 6.24. The second-order valence-corrected chi connectivity index (χ2v) is 5.34. The van der Waals surface area contributed by atoms with Gasteiger partial charge in [0.05, 0.1) is 6.54 Å². The topological polar surface area (TPSA) is 20.3 Å². The van der Waals surface area contributed by atoms with Gasteiger partial charge < -0.3 is 0 Å².